The Kier molecular flexibility index (Phi) is 6.80. The molecule has 5 nitrogen and oxygen atoms in total. The Morgan fingerprint density at radius 1 is 1.07 bits per heavy atom. The van der Waals surface area contributed by atoms with Crippen LogP contribution in [0.1, 0.15) is 53.6 Å². The molecule has 1 atom stereocenters. The number of nitrogens with zero attached hydrogens (tertiary/aromatic N) is 1. The van der Waals surface area contributed by atoms with Crippen molar-refractivity contribution in [2.45, 2.75) is 45.1 Å². The molecule has 1 saturated heterocycles. The highest BCUT2D eigenvalue weighted by Gasteiger charge is 2.20. The average molecular weight is 406 g/mol. The lowest BCUT2D eigenvalue weighted by atomic mass is 10.0. The Labute approximate surface area is 178 Å². The van der Waals surface area contributed by atoms with Gasteiger partial charge in [-0.2, -0.15) is 0 Å². The highest BCUT2D eigenvalue weighted by atomic mass is 16.2. The molecule has 0 bridgehead atoms. The quantitative estimate of drug-likeness (QED) is 0.791. The van der Waals surface area contributed by atoms with Crippen LogP contribution in [0, 0.1) is 5.92 Å². The predicted octanol–water partition coefficient (Wildman–Crippen LogP) is 3.99. The molecule has 0 saturated carbocycles. The van der Waals surface area contributed by atoms with Crippen LogP contribution >= 0.6 is 0 Å². The van der Waals surface area contributed by atoms with Gasteiger partial charge in [-0.25, -0.2) is 0 Å². The van der Waals surface area contributed by atoms with Gasteiger partial charge >= 0.3 is 0 Å². The summed E-state index contributed by atoms with van der Waals surface area (Å²) >= 11 is 0. The smallest absolute Gasteiger partial charge is 0.251 e. The van der Waals surface area contributed by atoms with Crippen LogP contribution in [-0.4, -0.2) is 36.3 Å². The Morgan fingerprint density at radius 3 is 2.80 bits per heavy atom. The highest BCUT2D eigenvalue weighted by Crippen LogP contribution is 2.23. The molecule has 30 heavy (non-hydrogen) atoms. The first-order valence-corrected chi connectivity index (χ1v) is 11.1. The van der Waals surface area contributed by atoms with E-state index in [1.54, 1.807) is 0 Å². The molecule has 4 rings (SSSR count). The number of amides is 2. The van der Waals surface area contributed by atoms with Gasteiger partial charge in [0, 0.05) is 37.3 Å². The van der Waals surface area contributed by atoms with E-state index in [0.29, 0.717) is 24.4 Å². The first-order chi connectivity index (χ1) is 14.7. The number of aryl methyl sites for hydroxylation is 1. The SMILES string of the molecule is O=C1CCCc2cc(C(=O)NCC3CCCCN(Cc4ccccc4)C3)ccc2N1. The summed E-state index contributed by atoms with van der Waals surface area (Å²) < 4.78 is 0. The van der Waals surface area contributed by atoms with Crippen LogP contribution in [0.3, 0.4) is 0 Å². The van der Waals surface area contributed by atoms with Crippen molar-refractivity contribution in [2.75, 3.05) is 25.0 Å². The van der Waals surface area contributed by atoms with Gasteiger partial charge < -0.3 is 10.6 Å². The summed E-state index contributed by atoms with van der Waals surface area (Å²) in [5.41, 5.74) is 3.92. The van der Waals surface area contributed by atoms with Crippen LogP contribution < -0.4 is 10.6 Å². The minimum atomic E-state index is -0.0211. The van der Waals surface area contributed by atoms with Crippen LogP contribution in [0.15, 0.2) is 48.5 Å². The van der Waals surface area contributed by atoms with E-state index in [0.717, 1.165) is 50.1 Å². The summed E-state index contributed by atoms with van der Waals surface area (Å²) in [6, 6.07) is 16.2. The number of nitrogens with one attached hydrogen (secondary N) is 2. The lowest BCUT2D eigenvalue weighted by Crippen LogP contribution is -2.35. The third-order valence-electron chi connectivity index (χ3n) is 6.14. The van der Waals surface area contributed by atoms with Crippen LogP contribution in [0.4, 0.5) is 5.69 Å². The zero-order chi connectivity index (χ0) is 20.8. The molecule has 2 aliphatic rings. The fourth-order valence-electron chi connectivity index (χ4n) is 4.52. The van der Waals surface area contributed by atoms with Crippen molar-refractivity contribution in [1.29, 1.82) is 0 Å². The number of fused-ring (bicyclic) bond motifs is 1. The standard InChI is InChI=1S/C25H31N3O2/c29-24-11-6-10-21-15-22(12-13-23(21)27-24)25(30)26-16-20-9-4-5-14-28(18-20)17-19-7-2-1-3-8-19/h1-3,7-8,12-13,15,20H,4-6,9-11,14,16-18H2,(H,26,30)(H,27,29). The molecule has 0 aromatic heterocycles. The highest BCUT2D eigenvalue weighted by molar-refractivity contribution is 5.97. The number of hydrogen-bond donors (Lipinski definition) is 2. The largest absolute Gasteiger partial charge is 0.352 e. The van der Waals surface area contributed by atoms with Gasteiger partial charge in [-0.15, -0.1) is 0 Å². The van der Waals surface area contributed by atoms with Gasteiger partial charge in [-0.1, -0.05) is 36.8 Å². The number of hydrogen-bond acceptors (Lipinski definition) is 3. The molecule has 2 amide bonds. The van der Waals surface area contributed by atoms with Crippen molar-refractivity contribution in [2.24, 2.45) is 5.92 Å². The molecule has 1 unspecified atom stereocenters. The Balaban J connectivity index is 1.33. The summed E-state index contributed by atoms with van der Waals surface area (Å²) in [4.78, 5) is 27.0. The minimum Gasteiger partial charge on any atom is -0.352 e. The zero-order valence-electron chi connectivity index (χ0n) is 17.5. The van der Waals surface area contributed by atoms with Crippen molar-refractivity contribution in [3.63, 3.8) is 0 Å². The molecule has 5 heteroatoms. The van der Waals surface area contributed by atoms with E-state index in [1.165, 1.54) is 18.4 Å². The first kappa shape index (κ1) is 20.6. The summed E-state index contributed by atoms with van der Waals surface area (Å²) in [7, 11) is 0. The van der Waals surface area contributed by atoms with Crippen molar-refractivity contribution in [3.05, 3.63) is 65.2 Å². The minimum absolute atomic E-state index is 0.0211. The van der Waals surface area contributed by atoms with E-state index >= 15 is 0 Å². The molecule has 2 N–H and O–H groups in total. The fourth-order valence-corrected chi connectivity index (χ4v) is 4.52. The Bertz CT molecular complexity index is 881. The van der Waals surface area contributed by atoms with Crippen molar-refractivity contribution < 1.29 is 9.59 Å². The Hall–Kier alpha value is -2.66. The van der Waals surface area contributed by atoms with Gasteiger partial charge in [-0.05, 0) is 67.5 Å². The molecule has 0 spiro atoms. The van der Waals surface area contributed by atoms with E-state index in [9.17, 15) is 9.59 Å². The van der Waals surface area contributed by atoms with Crippen LogP contribution in [0.5, 0.6) is 0 Å². The van der Waals surface area contributed by atoms with E-state index in [1.807, 2.05) is 18.2 Å². The third-order valence-corrected chi connectivity index (χ3v) is 6.14. The molecule has 0 aliphatic carbocycles. The zero-order valence-corrected chi connectivity index (χ0v) is 17.5. The average Bonchev–Trinajstić information content (AvgIpc) is 3.09. The second kappa shape index (κ2) is 9.90. The number of carbonyl (C=O) groups excluding carboxylic acids is 2. The van der Waals surface area contributed by atoms with Gasteiger partial charge in [0.05, 0.1) is 0 Å². The van der Waals surface area contributed by atoms with Crippen molar-refractivity contribution in [3.8, 4) is 0 Å². The number of rotatable bonds is 5. The summed E-state index contributed by atoms with van der Waals surface area (Å²) in [5, 5.41) is 6.09. The molecule has 2 aliphatic heterocycles. The lowest BCUT2D eigenvalue weighted by molar-refractivity contribution is -0.116. The molecule has 2 aromatic rings. The molecular formula is C25H31N3O2. The third kappa shape index (κ3) is 5.48. The maximum atomic E-state index is 12.8. The van der Waals surface area contributed by atoms with Gasteiger partial charge in [0.15, 0.2) is 0 Å². The van der Waals surface area contributed by atoms with E-state index in [-0.39, 0.29) is 11.8 Å². The van der Waals surface area contributed by atoms with Crippen molar-refractivity contribution in [1.82, 2.24) is 10.2 Å². The molecule has 158 valence electrons. The van der Waals surface area contributed by atoms with Gasteiger partial charge in [0.25, 0.3) is 5.91 Å². The van der Waals surface area contributed by atoms with Gasteiger partial charge in [0.1, 0.15) is 0 Å². The lowest BCUT2D eigenvalue weighted by Gasteiger charge is -2.24. The van der Waals surface area contributed by atoms with E-state index < -0.39 is 0 Å². The molecule has 0 radical (unpaired) electrons. The topological polar surface area (TPSA) is 61.4 Å². The monoisotopic (exact) mass is 405 g/mol. The summed E-state index contributed by atoms with van der Waals surface area (Å²) in [6.07, 6.45) is 5.77. The van der Waals surface area contributed by atoms with Crippen LogP contribution in [0.2, 0.25) is 0 Å². The van der Waals surface area contributed by atoms with Gasteiger partial charge in [-0.3, -0.25) is 14.5 Å². The normalized spacial score (nSPS) is 19.9. The van der Waals surface area contributed by atoms with Crippen LogP contribution in [-0.2, 0) is 17.8 Å². The number of carbonyl (C=O) groups is 2. The summed E-state index contributed by atoms with van der Waals surface area (Å²) in [6.45, 7) is 3.82. The first-order valence-electron chi connectivity index (χ1n) is 11.1. The molecule has 2 aromatic carbocycles. The maximum absolute atomic E-state index is 12.8. The second-order valence-corrected chi connectivity index (χ2v) is 8.57. The number of anilines is 1. The van der Waals surface area contributed by atoms with Crippen molar-refractivity contribution >= 4 is 17.5 Å². The van der Waals surface area contributed by atoms with E-state index in [4.69, 9.17) is 0 Å². The predicted molar refractivity (Wildman–Crippen MR) is 119 cm³/mol. The number of benzene rings is 2. The second-order valence-electron chi connectivity index (χ2n) is 8.57. The van der Waals surface area contributed by atoms with Gasteiger partial charge in [0.2, 0.25) is 5.91 Å². The fraction of sp³-hybridized carbons (Fsp3) is 0.440. The molecular weight excluding hydrogens is 374 g/mol. The van der Waals surface area contributed by atoms with Crippen LogP contribution in [0.25, 0.3) is 0 Å². The molecule has 1 fully saturated rings. The molecule has 2 heterocycles. The summed E-state index contributed by atoms with van der Waals surface area (Å²) in [5.74, 6) is 0.506. The maximum Gasteiger partial charge on any atom is 0.251 e. The number of likely N-dealkylation sites (tertiary alicyclic amines) is 1. The Morgan fingerprint density at radius 2 is 1.93 bits per heavy atom. The van der Waals surface area contributed by atoms with E-state index in [2.05, 4.69) is 45.9 Å².